The van der Waals surface area contributed by atoms with Crippen LogP contribution < -0.4 is 10.1 Å². The zero-order valence-electron chi connectivity index (χ0n) is 18.2. The molecule has 0 saturated carbocycles. The first kappa shape index (κ1) is 23.3. The Morgan fingerprint density at radius 3 is 2.31 bits per heavy atom. The third-order valence-corrected chi connectivity index (χ3v) is 5.15. The lowest BCUT2D eigenvalue weighted by molar-refractivity contribution is -0.150. The summed E-state index contributed by atoms with van der Waals surface area (Å²) in [6.07, 6.45) is -0.933. The van der Waals surface area contributed by atoms with Crippen LogP contribution in [0.5, 0.6) is 5.75 Å². The maximum atomic E-state index is 12.4. The number of aryl methyl sites for hydroxylation is 2. The summed E-state index contributed by atoms with van der Waals surface area (Å²) in [6, 6.07) is 18.7. The number of ether oxygens (including phenoxy) is 2. The Hall–Kier alpha value is -3.39. The van der Waals surface area contributed by atoms with Crippen molar-refractivity contribution in [3.63, 3.8) is 0 Å². The Morgan fingerprint density at radius 2 is 1.66 bits per heavy atom. The van der Waals surface area contributed by atoms with Gasteiger partial charge in [0.25, 0.3) is 5.91 Å². The molecule has 1 aromatic heterocycles. The molecule has 1 heterocycles. The average molecular weight is 452 g/mol. The number of hydrogen-bond acceptors (Lipinski definition) is 7. The van der Waals surface area contributed by atoms with E-state index >= 15 is 0 Å². The molecule has 0 aliphatic rings. The minimum atomic E-state index is -0.933. The number of anilines is 1. The van der Waals surface area contributed by atoms with E-state index in [1.165, 1.54) is 18.7 Å². The molecule has 0 aliphatic carbocycles. The fraction of sp³-hybridized carbons (Fsp3) is 0.250. The lowest BCUT2D eigenvalue weighted by atomic mass is 10.2. The molecule has 0 spiro atoms. The van der Waals surface area contributed by atoms with Crippen molar-refractivity contribution in [2.45, 2.75) is 38.6 Å². The first-order valence-electron chi connectivity index (χ1n) is 10.1. The number of benzene rings is 2. The van der Waals surface area contributed by atoms with Crippen LogP contribution in [0.15, 0.2) is 65.8 Å². The van der Waals surface area contributed by atoms with Crippen molar-refractivity contribution in [3.8, 4) is 5.75 Å². The van der Waals surface area contributed by atoms with E-state index in [-0.39, 0.29) is 5.75 Å². The quantitative estimate of drug-likeness (QED) is 0.294. The Labute approximate surface area is 191 Å². The molecule has 0 fully saturated rings. The largest absolute Gasteiger partial charge is 0.489 e. The third kappa shape index (κ3) is 7.39. The second-order valence-corrected chi connectivity index (χ2v) is 8.08. The van der Waals surface area contributed by atoms with Crippen LogP contribution in [0.3, 0.4) is 0 Å². The van der Waals surface area contributed by atoms with Gasteiger partial charge < -0.3 is 14.8 Å². The molecule has 0 saturated heterocycles. The number of amides is 1. The molecule has 7 nitrogen and oxygen atoms in total. The van der Waals surface area contributed by atoms with Crippen molar-refractivity contribution in [1.82, 2.24) is 9.97 Å². The van der Waals surface area contributed by atoms with Gasteiger partial charge in [-0.3, -0.25) is 9.59 Å². The lowest BCUT2D eigenvalue weighted by Crippen LogP contribution is -2.30. The van der Waals surface area contributed by atoms with Crippen LogP contribution in [-0.2, 0) is 20.9 Å². The molecule has 166 valence electrons. The van der Waals surface area contributed by atoms with E-state index in [1.54, 1.807) is 24.3 Å². The standard InChI is InChI=1S/C24H25N3O4S/c1-16-13-17(2)26-24(25-16)32-15-22(28)31-18(3)23(29)27-20-9-11-21(12-10-20)30-14-19-7-5-4-6-8-19/h4-13,18H,14-15H2,1-3H3,(H,27,29). The summed E-state index contributed by atoms with van der Waals surface area (Å²) in [5, 5.41) is 3.24. The van der Waals surface area contributed by atoms with Crippen molar-refractivity contribution < 1.29 is 19.1 Å². The molecule has 3 rings (SSSR count). The number of carbonyl (C=O) groups is 2. The molecule has 0 aliphatic heterocycles. The van der Waals surface area contributed by atoms with Crippen LogP contribution in [0.25, 0.3) is 0 Å². The number of hydrogen-bond donors (Lipinski definition) is 1. The Balaban J connectivity index is 1.43. The van der Waals surface area contributed by atoms with E-state index in [0.717, 1.165) is 17.0 Å². The van der Waals surface area contributed by atoms with Gasteiger partial charge in [-0.2, -0.15) is 0 Å². The summed E-state index contributed by atoms with van der Waals surface area (Å²) in [7, 11) is 0. The van der Waals surface area contributed by atoms with Gasteiger partial charge >= 0.3 is 5.97 Å². The number of esters is 1. The Bertz CT molecular complexity index is 1040. The van der Waals surface area contributed by atoms with Crippen LogP contribution in [0.2, 0.25) is 0 Å². The SMILES string of the molecule is Cc1cc(C)nc(SCC(=O)OC(C)C(=O)Nc2ccc(OCc3ccccc3)cc2)n1. The minimum absolute atomic E-state index is 0.0218. The van der Waals surface area contributed by atoms with Crippen molar-refractivity contribution in [1.29, 1.82) is 0 Å². The highest BCUT2D eigenvalue weighted by atomic mass is 32.2. The van der Waals surface area contributed by atoms with E-state index in [4.69, 9.17) is 9.47 Å². The van der Waals surface area contributed by atoms with Crippen LogP contribution in [0.4, 0.5) is 5.69 Å². The van der Waals surface area contributed by atoms with E-state index in [2.05, 4.69) is 15.3 Å². The highest BCUT2D eigenvalue weighted by molar-refractivity contribution is 7.99. The molecular formula is C24H25N3O4S. The topological polar surface area (TPSA) is 90.4 Å². The van der Waals surface area contributed by atoms with Gasteiger partial charge in [-0.15, -0.1) is 0 Å². The maximum Gasteiger partial charge on any atom is 0.317 e. The average Bonchev–Trinajstić information content (AvgIpc) is 2.77. The van der Waals surface area contributed by atoms with Crippen LogP contribution in [-0.4, -0.2) is 33.7 Å². The van der Waals surface area contributed by atoms with Crippen molar-refractivity contribution in [2.75, 3.05) is 11.1 Å². The summed E-state index contributed by atoms with van der Waals surface area (Å²) in [5.41, 5.74) is 3.32. The maximum absolute atomic E-state index is 12.4. The first-order valence-corrected chi connectivity index (χ1v) is 11.1. The van der Waals surface area contributed by atoms with Gasteiger partial charge in [-0.05, 0) is 56.7 Å². The third-order valence-electron chi connectivity index (χ3n) is 4.33. The molecular weight excluding hydrogens is 426 g/mol. The molecule has 32 heavy (non-hydrogen) atoms. The zero-order valence-corrected chi connectivity index (χ0v) is 19.0. The highest BCUT2D eigenvalue weighted by Crippen LogP contribution is 2.18. The van der Waals surface area contributed by atoms with E-state index in [1.807, 2.05) is 50.2 Å². The van der Waals surface area contributed by atoms with Gasteiger partial charge in [-0.25, -0.2) is 9.97 Å². The zero-order chi connectivity index (χ0) is 22.9. The molecule has 8 heteroatoms. The summed E-state index contributed by atoms with van der Waals surface area (Å²) in [5.74, 6) is -0.209. The smallest absolute Gasteiger partial charge is 0.317 e. The van der Waals surface area contributed by atoms with Crippen molar-refractivity contribution in [3.05, 3.63) is 77.6 Å². The van der Waals surface area contributed by atoms with Gasteiger partial charge in [0.2, 0.25) is 0 Å². The predicted molar refractivity (Wildman–Crippen MR) is 124 cm³/mol. The summed E-state index contributed by atoms with van der Waals surface area (Å²) < 4.78 is 11.0. The summed E-state index contributed by atoms with van der Waals surface area (Å²) in [4.78, 5) is 33.0. The number of nitrogens with zero attached hydrogens (tertiary/aromatic N) is 2. The normalized spacial score (nSPS) is 11.5. The minimum Gasteiger partial charge on any atom is -0.489 e. The molecule has 0 bridgehead atoms. The van der Waals surface area contributed by atoms with Gasteiger partial charge in [-0.1, -0.05) is 42.1 Å². The first-order chi connectivity index (χ1) is 15.4. The number of carbonyl (C=O) groups excluding carboxylic acids is 2. The summed E-state index contributed by atoms with van der Waals surface area (Å²) in [6.45, 7) is 5.73. The fourth-order valence-electron chi connectivity index (χ4n) is 2.79. The number of rotatable bonds is 9. The molecule has 1 atom stereocenters. The lowest BCUT2D eigenvalue weighted by Gasteiger charge is -2.14. The van der Waals surface area contributed by atoms with Gasteiger partial charge in [0, 0.05) is 17.1 Å². The summed E-state index contributed by atoms with van der Waals surface area (Å²) >= 11 is 1.18. The van der Waals surface area contributed by atoms with Gasteiger partial charge in [0.15, 0.2) is 11.3 Å². The second-order valence-electron chi connectivity index (χ2n) is 7.14. The van der Waals surface area contributed by atoms with Crippen LogP contribution >= 0.6 is 11.8 Å². The van der Waals surface area contributed by atoms with Crippen molar-refractivity contribution in [2.24, 2.45) is 0 Å². The molecule has 1 unspecified atom stereocenters. The van der Waals surface area contributed by atoms with E-state index < -0.39 is 18.0 Å². The Kier molecular flexibility index (Phi) is 8.21. The number of nitrogens with one attached hydrogen (secondary N) is 1. The molecule has 1 N–H and O–H groups in total. The highest BCUT2D eigenvalue weighted by Gasteiger charge is 2.18. The molecule has 0 radical (unpaired) electrons. The monoisotopic (exact) mass is 451 g/mol. The second kappa shape index (κ2) is 11.3. The fourth-order valence-corrected chi connectivity index (χ4v) is 3.52. The van der Waals surface area contributed by atoms with E-state index in [0.29, 0.717) is 23.2 Å². The van der Waals surface area contributed by atoms with E-state index in [9.17, 15) is 9.59 Å². The molecule has 2 aromatic carbocycles. The van der Waals surface area contributed by atoms with Crippen LogP contribution in [0.1, 0.15) is 23.9 Å². The number of aromatic nitrogens is 2. The van der Waals surface area contributed by atoms with Crippen LogP contribution in [0, 0.1) is 13.8 Å². The Morgan fingerprint density at radius 1 is 1.00 bits per heavy atom. The van der Waals surface area contributed by atoms with Crippen molar-refractivity contribution >= 4 is 29.3 Å². The molecule has 3 aromatic rings. The number of thioether (sulfide) groups is 1. The molecule has 1 amide bonds. The predicted octanol–water partition coefficient (Wildman–Crippen LogP) is 4.33. The van der Waals surface area contributed by atoms with Gasteiger partial charge in [0.05, 0.1) is 5.75 Å². The van der Waals surface area contributed by atoms with Gasteiger partial charge in [0.1, 0.15) is 12.4 Å².